The summed E-state index contributed by atoms with van der Waals surface area (Å²) in [6.07, 6.45) is 6.98. The Morgan fingerprint density at radius 3 is 2.96 bits per heavy atom. The van der Waals surface area contributed by atoms with Crippen LogP contribution in [-0.4, -0.2) is 29.9 Å². The zero-order valence-corrected chi connectivity index (χ0v) is 13.3. The van der Waals surface area contributed by atoms with Crippen LogP contribution in [0.3, 0.4) is 0 Å². The van der Waals surface area contributed by atoms with Crippen molar-refractivity contribution in [2.24, 2.45) is 0 Å². The number of hydrogen-bond acceptors (Lipinski definition) is 5. The molecule has 0 amide bonds. The van der Waals surface area contributed by atoms with Gasteiger partial charge in [0, 0.05) is 29.1 Å². The molecule has 0 aliphatic carbocycles. The van der Waals surface area contributed by atoms with Crippen LogP contribution >= 0.6 is 0 Å². The van der Waals surface area contributed by atoms with Crippen molar-refractivity contribution in [3.8, 4) is 16.9 Å². The number of nitrogens with one attached hydrogen (secondary N) is 2. The number of anilines is 1. The van der Waals surface area contributed by atoms with Gasteiger partial charge in [-0.3, -0.25) is 5.10 Å². The second-order valence-corrected chi connectivity index (χ2v) is 5.70. The molecule has 1 aromatic carbocycles. The van der Waals surface area contributed by atoms with Crippen molar-refractivity contribution >= 4 is 11.5 Å². The van der Waals surface area contributed by atoms with Crippen molar-refractivity contribution in [1.29, 1.82) is 0 Å². The highest BCUT2D eigenvalue weighted by Crippen LogP contribution is 2.28. The quantitative estimate of drug-likeness (QED) is 0.532. The van der Waals surface area contributed by atoms with Gasteiger partial charge < -0.3 is 10.4 Å². The van der Waals surface area contributed by atoms with Crippen LogP contribution in [-0.2, 0) is 0 Å². The van der Waals surface area contributed by atoms with E-state index in [0.717, 1.165) is 11.1 Å². The highest BCUT2D eigenvalue weighted by atomic mass is 19.1. The Morgan fingerprint density at radius 1 is 1.28 bits per heavy atom. The SMILES string of the molecule is CC(Nc1ccn2ncc(-c3cn[nH]c3)c2n1)c1cc(F)ccc1O. The third-order valence-corrected chi connectivity index (χ3v) is 4.00. The lowest BCUT2D eigenvalue weighted by Crippen LogP contribution is -2.09. The molecule has 0 fully saturated rings. The molecule has 1 atom stereocenters. The summed E-state index contributed by atoms with van der Waals surface area (Å²) in [5.41, 5.74) is 2.86. The van der Waals surface area contributed by atoms with E-state index in [-0.39, 0.29) is 11.8 Å². The summed E-state index contributed by atoms with van der Waals surface area (Å²) in [6, 6.07) is 5.31. The van der Waals surface area contributed by atoms with Gasteiger partial charge in [0.15, 0.2) is 5.65 Å². The number of phenols is 1. The molecule has 0 aliphatic rings. The van der Waals surface area contributed by atoms with Gasteiger partial charge in [0.25, 0.3) is 0 Å². The van der Waals surface area contributed by atoms with E-state index < -0.39 is 5.82 Å². The number of benzene rings is 1. The Balaban J connectivity index is 1.68. The topological polar surface area (TPSA) is 91.1 Å². The van der Waals surface area contributed by atoms with Crippen molar-refractivity contribution in [3.05, 3.63) is 60.4 Å². The molecule has 8 heteroatoms. The van der Waals surface area contributed by atoms with Crippen molar-refractivity contribution in [2.75, 3.05) is 5.32 Å². The van der Waals surface area contributed by atoms with E-state index in [9.17, 15) is 9.50 Å². The number of hydrogen-bond donors (Lipinski definition) is 3. The van der Waals surface area contributed by atoms with Gasteiger partial charge in [-0.25, -0.2) is 13.9 Å². The molecule has 126 valence electrons. The van der Waals surface area contributed by atoms with Crippen molar-refractivity contribution in [1.82, 2.24) is 24.8 Å². The molecule has 0 saturated heterocycles. The highest BCUT2D eigenvalue weighted by molar-refractivity contribution is 5.76. The maximum absolute atomic E-state index is 13.4. The fourth-order valence-corrected chi connectivity index (χ4v) is 2.72. The molecule has 1 unspecified atom stereocenters. The van der Waals surface area contributed by atoms with Crippen LogP contribution in [0, 0.1) is 5.82 Å². The monoisotopic (exact) mass is 338 g/mol. The molecule has 0 radical (unpaired) electrons. The van der Waals surface area contributed by atoms with Gasteiger partial charge in [-0.1, -0.05) is 0 Å². The largest absolute Gasteiger partial charge is 0.508 e. The molecule has 25 heavy (non-hydrogen) atoms. The average molecular weight is 338 g/mol. The number of fused-ring (bicyclic) bond motifs is 1. The summed E-state index contributed by atoms with van der Waals surface area (Å²) in [4.78, 5) is 4.58. The van der Waals surface area contributed by atoms with E-state index in [0.29, 0.717) is 17.0 Å². The number of aromatic nitrogens is 5. The molecule has 4 aromatic rings. The van der Waals surface area contributed by atoms with E-state index in [1.165, 1.54) is 18.2 Å². The molecule has 3 heterocycles. The van der Waals surface area contributed by atoms with Crippen LogP contribution in [0.5, 0.6) is 5.75 Å². The van der Waals surface area contributed by atoms with Crippen LogP contribution in [0.1, 0.15) is 18.5 Å². The molecule has 0 aliphatic heterocycles. The van der Waals surface area contributed by atoms with Gasteiger partial charge in [-0.05, 0) is 31.2 Å². The van der Waals surface area contributed by atoms with Gasteiger partial charge in [0.1, 0.15) is 17.4 Å². The lowest BCUT2D eigenvalue weighted by Gasteiger charge is -2.16. The molecular formula is C17H15FN6O. The second-order valence-electron chi connectivity index (χ2n) is 5.70. The van der Waals surface area contributed by atoms with Gasteiger partial charge in [-0.15, -0.1) is 0 Å². The highest BCUT2D eigenvalue weighted by Gasteiger charge is 2.14. The Labute approximate surface area is 142 Å². The summed E-state index contributed by atoms with van der Waals surface area (Å²) in [6.45, 7) is 1.83. The van der Waals surface area contributed by atoms with Crippen molar-refractivity contribution < 1.29 is 9.50 Å². The summed E-state index contributed by atoms with van der Waals surface area (Å²) >= 11 is 0. The molecule has 0 saturated carbocycles. The number of nitrogens with zero attached hydrogens (tertiary/aromatic N) is 4. The molecule has 0 bridgehead atoms. The first-order valence-electron chi connectivity index (χ1n) is 7.70. The van der Waals surface area contributed by atoms with Crippen LogP contribution in [0.4, 0.5) is 10.2 Å². The lowest BCUT2D eigenvalue weighted by atomic mass is 10.1. The van der Waals surface area contributed by atoms with Crippen LogP contribution in [0.15, 0.2) is 49.1 Å². The Hall–Kier alpha value is -3.42. The molecule has 3 N–H and O–H groups in total. The summed E-state index contributed by atoms with van der Waals surface area (Å²) in [5.74, 6) is 0.225. The third kappa shape index (κ3) is 2.78. The number of aromatic amines is 1. The predicted octanol–water partition coefficient (Wildman–Crippen LogP) is 3.14. The van der Waals surface area contributed by atoms with Crippen LogP contribution in [0.25, 0.3) is 16.8 Å². The Kier molecular flexibility index (Phi) is 3.57. The molecular weight excluding hydrogens is 323 g/mol. The predicted molar refractivity (Wildman–Crippen MR) is 90.7 cm³/mol. The van der Waals surface area contributed by atoms with Gasteiger partial charge in [0.2, 0.25) is 0 Å². The van der Waals surface area contributed by atoms with E-state index in [2.05, 4.69) is 25.6 Å². The molecule has 3 aromatic heterocycles. The number of H-pyrrole nitrogens is 1. The minimum absolute atomic E-state index is 0.0333. The number of aromatic hydroxyl groups is 1. The van der Waals surface area contributed by atoms with Crippen LogP contribution in [0.2, 0.25) is 0 Å². The lowest BCUT2D eigenvalue weighted by molar-refractivity contribution is 0.462. The fraction of sp³-hybridized carbons (Fsp3) is 0.118. The normalized spacial score (nSPS) is 12.4. The summed E-state index contributed by atoms with van der Waals surface area (Å²) < 4.78 is 15.1. The van der Waals surface area contributed by atoms with Gasteiger partial charge in [0.05, 0.1) is 18.4 Å². The molecule has 7 nitrogen and oxygen atoms in total. The third-order valence-electron chi connectivity index (χ3n) is 4.00. The first-order chi connectivity index (χ1) is 12.1. The first kappa shape index (κ1) is 15.1. The smallest absolute Gasteiger partial charge is 0.165 e. The zero-order chi connectivity index (χ0) is 17.4. The average Bonchev–Trinajstić information content (AvgIpc) is 3.25. The Bertz CT molecular complexity index is 1030. The Morgan fingerprint density at radius 2 is 2.16 bits per heavy atom. The van der Waals surface area contributed by atoms with Crippen molar-refractivity contribution in [2.45, 2.75) is 13.0 Å². The summed E-state index contributed by atoms with van der Waals surface area (Å²) in [7, 11) is 0. The number of rotatable bonds is 4. The molecule has 4 rings (SSSR count). The van der Waals surface area contributed by atoms with Gasteiger partial charge >= 0.3 is 0 Å². The van der Waals surface area contributed by atoms with Crippen LogP contribution < -0.4 is 5.32 Å². The maximum atomic E-state index is 13.4. The second kappa shape index (κ2) is 5.90. The fourth-order valence-electron chi connectivity index (χ4n) is 2.72. The summed E-state index contributed by atoms with van der Waals surface area (Å²) in [5, 5.41) is 24.1. The molecule has 0 spiro atoms. The standard InChI is InChI=1S/C17H15FN6O/c1-10(13-6-12(18)2-3-15(13)25)22-16-4-5-24-17(23-16)14(9-21-24)11-7-19-20-8-11/h2-10,25H,1H3,(H,19,20)(H,22,23). The number of phenolic OH excluding ortho intramolecular Hbond substituents is 1. The van der Waals surface area contributed by atoms with E-state index in [1.54, 1.807) is 35.4 Å². The van der Waals surface area contributed by atoms with E-state index in [4.69, 9.17) is 0 Å². The first-order valence-corrected chi connectivity index (χ1v) is 7.70. The minimum atomic E-state index is -0.400. The van der Waals surface area contributed by atoms with E-state index >= 15 is 0 Å². The maximum Gasteiger partial charge on any atom is 0.165 e. The van der Waals surface area contributed by atoms with Crippen molar-refractivity contribution in [3.63, 3.8) is 0 Å². The van der Waals surface area contributed by atoms with E-state index in [1.807, 2.05) is 6.92 Å². The number of halogens is 1. The van der Waals surface area contributed by atoms with Gasteiger partial charge in [-0.2, -0.15) is 10.2 Å². The minimum Gasteiger partial charge on any atom is -0.508 e. The zero-order valence-electron chi connectivity index (χ0n) is 13.3.